The molecule has 0 unspecified atom stereocenters. The van der Waals surface area contributed by atoms with Gasteiger partial charge < -0.3 is 14.9 Å². The zero-order valence-electron chi connectivity index (χ0n) is 13.9. The van der Waals surface area contributed by atoms with E-state index < -0.39 is 17.8 Å². The number of carboxylic acid groups (broad SMARTS) is 1. The second-order valence-corrected chi connectivity index (χ2v) is 6.65. The predicted octanol–water partition coefficient (Wildman–Crippen LogP) is 1.15. The lowest BCUT2D eigenvalue weighted by Gasteiger charge is -2.22. The van der Waals surface area contributed by atoms with Crippen molar-refractivity contribution in [1.29, 1.82) is 0 Å². The van der Waals surface area contributed by atoms with Crippen molar-refractivity contribution in [2.24, 2.45) is 11.8 Å². The van der Waals surface area contributed by atoms with Crippen molar-refractivity contribution in [2.75, 3.05) is 26.2 Å². The Hall–Kier alpha value is -2.44. The van der Waals surface area contributed by atoms with Crippen molar-refractivity contribution in [3.8, 4) is 0 Å². The van der Waals surface area contributed by atoms with E-state index >= 15 is 0 Å². The third kappa shape index (κ3) is 4.15. The number of carbonyl (C=O) groups is 3. The van der Waals surface area contributed by atoms with Gasteiger partial charge in [-0.15, -0.1) is 0 Å². The van der Waals surface area contributed by atoms with Gasteiger partial charge in [0, 0.05) is 26.2 Å². The lowest BCUT2D eigenvalue weighted by molar-refractivity contribution is -0.142. The van der Waals surface area contributed by atoms with Crippen molar-refractivity contribution in [3.63, 3.8) is 0 Å². The molecular weight excluding hydrogens is 327 g/mol. The van der Waals surface area contributed by atoms with Crippen molar-refractivity contribution in [2.45, 2.75) is 19.3 Å². The summed E-state index contributed by atoms with van der Waals surface area (Å²) in [6, 6.07) is 5.99. The highest BCUT2D eigenvalue weighted by molar-refractivity contribution is 5.89. The summed E-state index contributed by atoms with van der Waals surface area (Å²) < 4.78 is 13.2. The third-order valence-electron chi connectivity index (χ3n) is 4.83. The van der Waals surface area contributed by atoms with Crippen LogP contribution < -0.4 is 0 Å². The molecule has 2 atom stereocenters. The van der Waals surface area contributed by atoms with E-state index in [-0.39, 0.29) is 24.1 Å². The molecule has 1 aromatic carbocycles. The number of hydrogen-bond donors (Lipinski definition) is 1. The van der Waals surface area contributed by atoms with Gasteiger partial charge >= 0.3 is 5.97 Å². The van der Waals surface area contributed by atoms with Gasteiger partial charge in [-0.2, -0.15) is 0 Å². The minimum absolute atomic E-state index is 0.0882. The number of amides is 2. The molecule has 1 aliphatic heterocycles. The maximum absolute atomic E-state index is 13.2. The van der Waals surface area contributed by atoms with E-state index in [2.05, 4.69) is 0 Å². The number of aliphatic carboxylic acids is 1. The predicted molar refractivity (Wildman–Crippen MR) is 87.1 cm³/mol. The van der Waals surface area contributed by atoms with E-state index in [1.165, 1.54) is 12.1 Å². The standard InChI is InChI=1S/C18H21FN2O4/c19-13-4-1-3-12(9-13)10-16(22)20-5-2-6-21(8-7-20)17(23)14-11-15(14)18(24)25/h1,3-4,9,14-15H,2,5-8,10-11H2,(H,24,25)/t14-,15+/m0/s1. The first-order valence-electron chi connectivity index (χ1n) is 8.49. The molecule has 7 heteroatoms. The fourth-order valence-corrected chi connectivity index (χ4v) is 3.30. The van der Waals surface area contributed by atoms with E-state index in [0.29, 0.717) is 44.6 Å². The molecule has 1 saturated heterocycles. The topological polar surface area (TPSA) is 77.9 Å². The third-order valence-corrected chi connectivity index (χ3v) is 4.83. The van der Waals surface area contributed by atoms with E-state index in [9.17, 15) is 18.8 Å². The Morgan fingerprint density at radius 2 is 1.80 bits per heavy atom. The Morgan fingerprint density at radius 3 is 2.48 bits per heavy atom. The average Bonchev–Trinajstić information content (AvgIpc) is 3.38. The fraction of sp³-hybridized carbons (Fsp3) is 0.500. The smallest absolute Gasteiger partial charge is 0.307 e. The number of benzene rings is 1. The van der Waals surface area contributed by atoms with Gasteiger partial charge in [0.15, 0.2) is 0 Å². The highest BCUT2D eigenvalue weighted by atomic mass is 19.1. The van der Waals surface area contributed by atoms with E-state index in [1.807, 2.05) is 0 Å². The first kappa shape index (κ1) is 17.4. The normalized spacial score (nSPS) is 23.1. The molecule has 1 saturated carbocycles. The SMILES string of the molecule is O=C(O)[C@@H]1C[C@@H]1C(=O)N1CCCN(C(=O)Cc2cccc(F)c2)CC1. The van der Waals surface area contributed by atoms with Gasteiger partial charge in [0.1, 0.15) is 5.82 Å². The van der Waals surface area contributed by atoms with Crippen molar-refractivity contribution in [1.82, 2.24) is 9.80 Å². The number of rotatable bonds is 4. The second-order valence-electron chi connectivity index (χ2n) is 6.65. The molecule has 1 aromatic rings. The lowest BCUT2D eigenvalue weighted by atomic mass is 10.1. The zero-order valence-corrected chi connectivity index (χ0v) is 13.9. The molecule has 2 fully saturated rings. The van der Waals surface area contributed by atoms with Gasteiger partial charge in [-0.05, 0) is 30.5 Å². The summed E-state index contributed by atoms with van der Waals surface area (Å²) in [7, 11) is 0. The number of carbonyl (C=O) groups excluding carboxylic acids is 2. The summed E-state index contributed by atoms with van der Waals surface area (Å²) in [6.45, 7) is 1.91. The molecule has 1 N–H and O–H groups in total. The molecule has 1 heterocycles. The molecule has 25 heavy (non-hydrogen) atoms. The van der Waals surface area contributed by atoms with Gasteiger partial charge in [-0.25, -0.2) is 4.39 Å². The van der Waals surface area contributed by atoms with Crippen LogP contribution in [-0.4, -0.2) is 58.9 Å². The summed E-state index contributed by atoms with van der Waals surface area (Å²) in [5.41, 5.74) is 0.629. The van der Waals surface area contributed by atoms with Crippen LogP contribution in [0, 0.1) is 17.7 Å². The zero-order chi connectivity index (χ0) is 18.0. The quantitative estimate of drug-likeness (QED) is 0.885. The number of halogens is 1. The number of carboxylic acids is 1. The van der Waals surface area contributed by atoms with Crippen molar-refractivity contribution >= 4 is 17.8 Å². The average molecular weight is 348 g/mol. The van der Waals surface area contributed by atoms with Crippen molar-refractivity contribution < 1.29 is 23.9 Å². The monoisotopic (exact) mass is 348 g/mol. The molecule has 0 bridgehead atoms. The molecule has 3 rings (SSSR count). The van der Waals surface area contributed by atoms with Gasteiger partial charge in [0.25, 0.3) is 0 Å². The molecule has 0 spiro atoms. The fourth-order valence-electron chi connectivity index (χ4n) is 3.30. The lowest BCUT2D eigenvalue weighted by Crippen LogP contribution is -2.38. The molecule has 6 nitrogen and oxygen atoms in total. The van der Waals surface area contributed by atoms with Gasteiger partial charge in [0.2, 0.25) is 11.8 Å². The molecule has 1 aliphatic carbocycles. The summed E-state index contributed by atoms with van der Waals surface area (Å²) in [5.74, 6) is -2.45. The molecule has 134 valence electrons. The first-order valence-corrected chi connectivity index (χ1v) is 8.49. The highest BCUT2D eigenvalue weighted by Crippen LogP contribution is 2.40. The maximum Gasteiger partial charge on any atom is 0.307 e. The number of hydrogen-bond acceptors (Lipinski definition) is 3. The minimum Gasteiger partial charge on any atom is -0.481 e. The van der Waals surface area contributed by atoms with E-state index in [1.54, 1.807) is 21.9 Å². The largest absolute Gasteiger partial charge is 0.481 e. The molecule has 0 aromatic heterocycles. The van der Waals surface area contributed by atoms with Crippen LogP contribution in [-0.2, 0) is 20.8 Å². The Morgan fingerprint density at radius 1 is 1.08 bits per heavy atom. The summed E-state index contributed by atoms with van der Waals surface area (Å²) >= 11 is 0. The maximum atomic E-state index is 13.2. The molecular formula is C18H21FN2O4. The van der Waals surface area contributed by atoms with Gasteiger partial charge in [-0.3, -0.25) is 14.4 Å². The van der Waals surface area contributed by atoms with Crippen molar-refractivity contribution in [3.05, 3.63) is 35.6 Å². The summed E-state index contributed by atoms with van der Waals surface area (Å²) in [6.07, 6.45) is 1.20. The Balaban J connectivity index is 1.53. The highest BCUT2D eigenvalue weighted by Gasteiger charge is 2.49. The van der Waals surface area contributed by atoms with E-state index in [4.69, 9.17) is 5.11 Å². The Labute approximate surface area is 145 Å². The van der Waals surface area contributed by atoms with E-state index in [0.717, 1.165) is 0 Å². The summed E-state index contributed by atoms with van der Waals surface area (Å²) in [4.78, 5) is 39.0. The molecule has 2 amide bonds. The Kier molecular flexibility index (Phi) is 5.01. The first-order chi connectivity index (χ1) is 12.0. The Bertz CT molecular complexity index is 693. The summed E-state index contributed by atoms with van der Waals surface area (Å²) in [5, 5.41) is 8.95. The van der Waals surface area contributed by atoms with Crippen LogP contribution in [0.1, 0.15) is 18.4 Å². The van der Waals surface area contributed by atoms with Crippen LogP contribution in [0.25, 0.3) is 0 Å². The van der Waals surface area contributed by atoms with Crippen LogP contribution in [0.5, 0.6) is 0 Å². The van der Waals surface area contributed by atoms with Crippen LogP contribution in [0.4, 0.5) is 4.39 Å². The van der Waals surface area contributed by atoms with Crippen LogP contribution >= 0.6 is 0 Å². The van der Waals surface area contributed by atoms with Crippen LogP contribution in [0.2, 0.25) is 0 Å². The minimum atomic E-state index is -0.917. The number of nitrogens with zero attached hydrogens (tertiary/aromatic N) is 2. The van der Waals surface area contributed by atoms with Gasteiger partial charge in [-0.1, -0.05) is 12.1 Å². The van der Waals surface area contributed by atoms with Crippen LogP contribution in [0.15, 0.2) is 24.3 Å². The van der Waals surface area contributed by atoms with Crippen LogP contribution in [0.3, 0.4) is 0 Å². The molecule has 0 radical (unpaired) electrons. The van der Waals surface area contributed by atoms with Gasteiger partial charge in [0.05, 0.1) is 18.3 Å². The molecule has 2 aliphatic rings. The second kappa shape index (κ2) is 7.21.